The first-order valence-corrected chi connectivity index (χ1v) is 9.72. The molecule has 156 valence electrons. The number of anilines is 1. The fourth-order valence-electron chi connectivity index (χ4n) is 2.70. The number of methoxy groups -OCH3 is 1. The molecule has 0 saturated carbocycles. The van der Waals surface area contributed by atoms with Crippen LogP contribution in [0.25, 0.3) is 0 Å². The number of ether oxygens (including phenoxy) is 2. The normalized spacial score (nSPS) is 13.3. The second-order valence-electron chi connectivity index (χ2n) is 5.98. The van der Waals surface area contributed by atoms with Crippen molar-refractivity contribution in [2.24, 2.45) is 4.99 Å². The van der Waals surface area contributed by atoms with Crippen LogP contribution >= 0.6 is 28.7 Å². The van der Waals surface area contributed by atoms with E-state index in [0.717, 1.165) is 35.3 Å². The minimum atomic E-state index is -2.89. The number of rotatable bonds is 7. The topological polar surface area (TPSA) is 51.1 Å². The highest BCUT2D eigenvalue weighted by atomic mass is 79.9. The van der Waals surface area contributed by atoms with E-state index < -0.39 is 6.61 Å². The van der Waals surface area contributed by atoms with E-state index in [9.17, 15) is 13.6 Å². The molecule has 29 heavy (non-hydrogen) atoms. The van der Waals surface area contributed by atoms with Crippen LogP contribution in [0.2, 0.25) is 0 Å². The Kier molecular flexibility index (Phi) is 8.91. The molecule has 1 aliphatic heterocycles. The summed E-state index contributed by atoms with van der Waals surface area (Å²) in [6.45, 7) is -2.08. The zero-order valence-electron chi connectivity index (χ0n) is 15.7. The maximum Gasteiger partial charge on any atom is 0.387 e. The van der Waals surface area contributed by atoms with Crippen LogP contribution in [0.1, 0.15) is 16.8 Å². The highest BCUT2D eigenvalue weighted by Gasteiger charge is 2.21. The molecule has 0 fully saturated rings. The van der Waals surface area contributed by atoms with Crippen molar-refractivity contribution < 1.29 is 23.0 Å². The average molecular weight is 487 g/mol. The van der Waals surface area contributed by atoms with E-state index in [1.165, 1.54) is 24.3 Å². The zero-order chi connectivity index (χ0) is 19.9. The molecule has 3 rings (SSSR count). The van der Waals surface area contributed by atoms with Crippen LogP contribution in [0, 0.1) is 0 Å². The Bertz CT molecular complexity index is 833. The number of amidine groups is 1. The van der Waals surface area contributed by atoms with Crippen molar-refractivity contribution in [2.45, 2.75) is 13.0 Å². The van der Waals surface area contributed by atoms with E-state index in [4.69, 9.17) is 4.74 Å². The molecule has 0 radical (unpaired) electrons. The third-order valence-corrected chi connectivity index (χ3v) is 5.20. The summed E-state index contributed by atoms with van der Waals surface area (Å²) in [7, 11) is 1.60. The quantitative estimate of drug-likeness (QED) is 0.512. The van der Waals surface area contributed by atoms with Gasteiger partial charge in [0.1, 0.15) is 11.5 Å². The van der Waals surface area contributed by atoms with Gasteiger partial charge in [-0.25, -0.2) is 0 Å². The lowest BCUT2D eigenvalue weighted by Crippen LogP contribution is -2.35. The van der Waals surface area contributed by atoms with Gasteiger partial charge in [-0.15, -0.1) is 17.0 Å². The van der Waals surface area contributed by atoms with Crippen molar-refractivity contribution in [3.05, 3.63) is 54.1 Å². The Labute approximate surface area is 182 Å². The summed E-state index contributed by atoms with van der Waals surface area (Å²) in [5, 5.41) is 0.794. The highest BCUT2D eigenvalue weighted by molar-refractivity contribution is 8.93. The molecular weight excluding hydrogens is 466 g/mol. The van der Waals surface area contributed by atoms with E-state index >= 15 is 0 Å². The Balaban J connectivity index is 0.00000300. The van der Waals surface area contributed by atoms with Gasteiger partial charge >= 0.3 is 6.61 Å². The molecule has 1 heterocycles. The van der Waals surface area contributed by atoms with Crippen LogP contribution in [0.5, 0.6) is 11.5 Å². The van der Waals surface area contributed by atoms with Crippen LogP contribution in [-0.2, 0) is 0 Å². The van der Waals surface area contributed by atoms with E-state index in [1.54, 1.807) is 18.9 Å². The van der Waals surface area contributed by atoms with Gasteiger partial charge in [-0.1, -0.05) is 11.8 Å². The lowest BCUT2D eigenvalue weighted by atomic mass is 10.1. The summed E-state index contributed by atoms with van der Waals surface area (Å²) in [6, 6.07) is 13.1. The number of alkyl halides is 2. The molecule has 2 aromatic carbocycles. The smallest absolute Gasteiger partial charge is 0.387 e. The number of benzene rings is 2. The SMILES string of the molecule is Br.COc1ccc(N(CC(=O)c2ccc(OC(F)F)cc2)C2=NCCCS2)cc1. The standard InChI is InChI=1S/C20H20F2N2O3S.BrH/c1-26-16-9-5-15(6-10-16)24(20-23-11-2-12-28-20)13-18(25)14-3-7-17(8-4-14)27-19(21)22;/h3-10,19H,2,11-13H2,1H3;1H. The molecule has 1 aliphatic rings. The molecule has 0 saturated heterocycles. The summed E-state index contributed by atoms with van der Waals surface area (Å²) in [6.07, 6.45) is 1.00. The number of nitrogens with zero attached hydrogens (tertiary/aromatic N) is 2. The Morgan fingerprint density at radius 3 is 2.34 bits per heavy atom. The molecule has 0 amide bonds. The second kappa shape index (κ2) is 11.2. The number of ketones is 1. The highest BCUT2D eigenvalue weighted by Crippen LogP contribution is 2.25. The van der Waals surface area contributed by atoms with Gasteiger partial charge in [0, 0.05) is 23.5 Å². The molecule has 0 aliphatic carbocycles. The first-order chi connectivity index (χ1) is 13.6. The summed E-state index contributed by atoms with van der Waals surface area (Å²) in [5.74, 6) is 1.54. The van der Waals surface area contributed by atoms with Gasteiger partial charge in [0.15, 0.2) is 11.0 Å². The molecule has 0 unspecified atom stereocenters. The van der Waals surface area contributed by atoms with Crippen LogP contribution in [0.15, 0.2) is 53.5 Å². The molecule has 5 nitrogen and oxygen atoms in total. The first-order valence-electron chi connectivity index (χ1n) is 8.74. The molecule has 0 atom stereocenters. The molecule has 0 bridgehead atoms. The van der Waals surface area contributed by atoms with Crippen molar-refractivity contribution >= 4 is 45.4 Å². The van der Waals surface area contributed by atoms with Gasteiger partial charge < -0.3 is 14.4 Å². The van der Waals surface area contributed by atoms with Crippen molar-refractivity contribution in [1.82, 2.24) is 0 Å². The molecular formula is C20H21BrF2N2O3S. The van der Waals surface area contributed by atoms with Gasteiger partial charge in [-0.05, 0) is 55.0 Å². The number of thioether (sulfide) groups is 1. The van der Waals surface area contributed by atoms with Gasteiger partial charge in [0.05, 0.1) is 13.7 Å². The summed E-state index contributed by atoms with van der Waals surface area (Å²) < 4.78 is 34.1. The fraction of sp³-hybridized carbons (Fsp3) is 0.300. The van der Waals surface area contributed by atoms with Crippen molar-refractivity contribution in [1.29, 1.82) is 0 Å². The number of carbonyl (C=O) groups is 1. The first kappa shape index (κ1) is 23.2. The Morgan fingerprint density at radius 1 is 1.14 bits per heavy atom. The maximum absolute atomic E-state index is 12.8. The fourth-order valence-corrected chi connectivity index (χ4v) is 3.66. The van der Waals surface area contributed by atoms with Gasteiger partial charge in [0.25, 0.3) is 0 Å². The summed E-state index contributed by atoms with van der Waals surface area (Å²) >= 11 is 1.61. The summed E-state index contributed by atoms with van der Waals surface area (Å²) in [5.41, 5.74) is 1.25. The van der Waals surface area contributed by atoms with E-state index in [1.807, 2.05) is 29.2 Å². The molecule has 9 heteroatoms. The van der Waals surface area contributed by atoms with Crippen LogP contribution < -0.4 is 14.4 Å². The van der Waals surface area contributed by atoms with Gasteiger partial charge in [0.2, 0.25) is 0 Å². The minimum Gasteiger partial charge on any atom is -0.497 e. The molecule has 0 N–H and O–H groups in total. The van der Waals surface area contributed by atoms with Crippen LogP contribution in [-0.4, -0.2) is 43.5 Å². The largest absolute Gasteiger partial charge is 0.497 e. The van der Waals surface area contributed by atoms with Crippen molar-refractivity contribution in [3.8, 4) is 11.5 Å². The van der Waals surface area contributed by atoms with E-state index in [-0.39, 0.29) is 35.1 Å². The van der Waals surface area contributed by atoms with Crippen LogP contribution in [0.3, 0.4) is 0 Å². The molecule has 0 spiro atoms. The Morgan fingerprint density at radius 2 is 1.79 bits per heavy atom. The number of carbonyl (C=O) groups excluding carboxylic acids is 1. The van der Waals surface area contributed by atoms with Crippen molar-refractivity contribution in [2.75, 3.05) is 30.9 Å². The minimum absolute atomic E-state index is 0. The van der Waals surface area contributed by atoms with Gasteiger partial charge in [-0.3, -0.25) is 9.79 Å². The Hall–Kier alpha value is -2.13. The predicted molar refractivity (Wildman–Crippen MR) is 117 cm³/mol. The van der Waals surface area contributed by atoms with E-state index in [0.29, 0.717) is 5.56 Å². The monoisotopic (exact) mass is 486 g/mol. The molecule has 2 aromatic rings. The van der Waals surface area contributed by atoms with E-state index in [2.05, 4.69) is 9.73 Å². The summed E-state index contributed by atoms with van der Waals surface area (Å²) in [4.78, 5) is 19.2. The lowest BCUT2D eigenvalue weighted by Gasteiger charge is -2.27. The van der Waals surface area contributed by atoms with Gasteiger partial charge in [-0.2, -0.15) is 8.78 Å². The third kappa shape index (κ3) is 6.43. The zero-order valence-corrected chi connectivity index (χ0v) is 18.2. The second-order valence-corrected chi connectivity index (χ2v) is 7.04. The number of hydrogen-bond donors (Lipinski definition) is 0. The average Bonchev–Trinajstić information content (AvgIpc) is 2.73. The lowest BCUT2D eigenvalue weighted by molar-refractivity contribution is -0.0498. The predicted octanol–water partition coefficient (Wildman–Crippen LogP) is 5.06. The number of Topliss-reactive ketones (excluding diaryl/α,β-unsaturated/α-hetero) is 1. The third-order valence-electron chi connectivity index (χ3n) is 4.10. The number of aliphatic imine (C=N–C) groups is 1. The number of hydrogen-bond acceptors (Lipinski definition) is 6. The maximum atomic E-state index is 12.8. The van der Waals surface area contributed by atoms with Crippen LogP contribution in [0.4, 0.5) is 14.5 Å². The molecule has 0 aromatic heterocycles. The van der Waals surface area contributed by atoms with Crippen molar-refractivity contribution in [3.63, 3.8) is 0 Å². The number of halogens is 3.